The van der Waals surface area contributed by atoms with Crippen LogP contribution in [0, 0.1) is 0 Å². The van der Waals surface area contributed by atoms with Crippen molar-refractivity contribution in [3.63, 3.8) is 0 Å². The number of nitrogens with one attached hydrogen (secondary N) is 1. The van der Waals surface area contributed by atoms with Crippen molar-refractivity contribution < 1.29 is 10.2 Å². The number of benzene rings is 2. The standard InChI is InChI=1S/C17H21NO2/c1-2-16(14-8-10-15(20)11-9-14)18-17(12-19)13-6-4-3-5-7-13/h3-11,16-20H,2,12H2,1H3. The average Bonchev–Trinajstić information content (AvgIpc) is 2.51. The summed E-state index contributed by atoms with van der Waals surface area (Å²) in [5.41, 5.74) is 2.19. The first-order valence-corrected chi connectivity index (χ1v) is 6.95. The SMILES string of the molecule is CCC(NC(CO)c1ccccc1)c1ccc(O)cc1. The lowest BCUT2D eigenvalue weighted by molar-refractivity contribution is 0.232. The van der Waals surface area contributed by atoms with Gasteiger partial charge in [0.25, 0.3) is 0 Å². The van der Waals surface area contributed by atoms with Crippen LogP contribution in [-0.4, -0.2) is 16.8 Å². The van der Waals surface area contributed by atoms with Gasteiger partial charge in [-0.1, -0.05) is 49.4 Å². The molecule has 0 aliphatic rings. The van der Waals surface area contributed by atoms with Crippen LogP contribution in [0.25, 0.3) is 0 Å². The Balaban J connectivity index is 2.14. The van der Waals surface area contributed by atoms with E-state index in [9.17, 15) is 10.2 Å². The van der Waals surface area contributed by atoms with Gasteiger partial charge in [-0.15, -0.1) is 0 Å². The fourth-order valence-electron chi connectivity index (χ4n) is 2.34. The fourth-order valence-corrected chi connectivity index (χ4v) is 2.34. The van der Waals surface area contributed by atoms with Gasteiger partial charge < -0.3 is 15.5 Å². The van der Waals surface area contributed by atoms with Gasteiger partial charge in [-0.25, -0.2) is 0 Å². The molecule has 0 aliphatic carbocycles. The molecule has 20 heavy (non-hydrogen) atoms. The van der Waals surface area contributed by atoms with Gasteiger partial charge in [0.2, 0.25) is 0 Å². The van der Waals surface area contributed by atoms with Crippen LogP contribution in [0.15, 0.2) is 54.6 Å². The Morgan fingerprint density at radius 1 is 0.900 bits per heavy atom. The number of phenolic OH excluding ortho intramolecular Hbond substituents is 1. The predicted molar refractivity (Wildman–Crippen MR) is 80.5 cm³/mol. The highest BCUT2D eigenvalue weighted by atomic mass is 16.3. The molecule has 0 fully saturated rings. The average molecular weight is 271 g/mol. The third-order valence-corrected chi connectivity index (χ3v) is 3.49. The van der Waals surface area contributed by atoms with Crippen molar-refractivity contribution in [2.75, 3.05) is 6.61 Å². The van der Waals surface area contributed by atoms with Gasteiger partial charge in [0.15, 0.2) is 0 Å². The second-order valence-corrected chi connectivity index (χ2v) is 4.86. The van der Waals surface area contributed by atoms with Gasteiger partial charge in [-0.3, -0.25) is 0 Å². The maximum atomic E-state index is 9.61. The molecule has 3 heteroatoms. The van der Waals surface area contributed by atoms with Gasteiger partial charge in [0, 0.05) is 6.04 Å². The van der Waals surface area contributed by atoms with Gasteiger partial charge >= 0.3 is 0 Å². The minimum Gasteiger partial charge on any atom is -0.508 e. The predicted octanol–water partition coefficient (Wildman–Crippen LogP) is 3.17. The molecule has 0 heterocycles. The third kappa shape index (κ3) is 3.59. The second kappa shape index (κ2) is 7.08. The molecule has 0 bridgehead atoms. The van der Waals surface area contributed by atoms with E-state index in [1.165, 1.54) is 0 Å². The zero-order chi connectivity index (χ0) is 14.4. The van der Waals surface area contributed by atoms with E-state index in [2.05, 4.69) is 12.2 Å². The molecule has 2 aromatic rings. The number of aliphatic hydroxyl groups is 1. The number of aliphatic hydroxyl groups excluding tert-OH is 1. The van der Waals surface area contributed by atoms with Crippen molar-refractivity contribution >= 4 is 0 Å². The topological polar surface area (TPSA) is 52.5 Å². The molecule has 2 unspecified atom stereocenters. The molecular formula is C17H21NO2. The van der Waals surface area contributed by atoms with E-state index in [-0.39, 0.29) is 24.4 Å². The van der Waals surface area contributed by atoms with Gasteiger partial charge in [0.05, 0.1) is 12.6 Å². The first kappa shape index (κ1) is 14.6. The first-order valence-electron chi connectivity index (χ1n) is 6.95. The molecule has 3 N–H and O–H groups in total. The molecule has 0 amide bonds. The maximum Gasteiger partial charge on any atom is 0.115 e. The quantitative estimate of drug-likeness (QED) is 0.756. The number of hydrogen-bond donors (Lipinski definition) is 3. The fraction of sp³-hybridized carbons (Fsp3) is 0.294. The molecule has 0 saturated carbocycles. The van der Waals surface area contributed by atoms with E-state index in [1.54, 1.807) is 12.1 Å². The molecule has 0 saturated heterocycles. The molecule has 0 radical (unpaired) electrons. The Kier molecular flexibility index (Phi) is 5.16. The molecule has 0 aliphatic heterocycles. The van der Waals surface area contributed by atoms with Crippen molar-refractivity contribution in [3.05, 3.63) is 65.7 Å². The number of phenols is 1. The number of rotatable bonds is 6. The van der Waals surface area contributed by atoms with E-state index < -0.39 is 0 Å². The monoisotopic (exact) mass is 271 g/mol. The van der Waals surface area contributed by atoms with Crippen molar-refractivity contribution in [1.29, 1.82) is 0 Å². The Bertz CT molecular complexity index is 510. The van der Waals surface area contributed by atoms with Crippen LogP contribution < -0.4 is 5.32 Å². The summed E-state index contributed by atoms with van der Waals surface area (Å²) in [7, 11) is 0. The highest BCUT2D eigenvalue weighted by Gasteiger charge is 2.16. The smallest absolute Gasteiger partial charge is 0.115 e. The van der Waals surface area contributed by atoms with Crippen molar-refractivity contribution in [2.45, 2.75) is 25.4 Å². The van der Waals surface area contributed by atoms with Gasteiger partial charge in [0.1, 0.15) is 5.75 Å². The maximum absolute atomic E-state index is 9.61. The van der Waals surface area contributed by atoms with Gasteiger partial charge in [-0.2, -0.15) is 0 Å². The lowest BCUT2D eigenvalue weighted by Crippen LogP contribution is -2.28. The molecule has 0 aromatic heterocycles. The van der Waals surface area contributed by atoms with E-state index >= 15 is 0 Å². The van der Waals surface area contributed by atoms with E-state index in [1.807, 2.05) is 42.5 Å². The molecule has 2 rings (SSSR count). The molecule has 2 aromatic carbocycles. The summed E-state index contributed by atoms with van der Waals surface area (Å²) in [6.07, 6.45) is 0.911. The second-order valence-electron chi connectivity index (χ2n) is 4.86. The van der Waals surface area contributed by atoms with E-state index in [0.717, 1.165) is 17.5 Å². The summed E-state index contributed by atoms with van der Waals surface area (Å²) in [5.74, 6) is 0.269. The van der Waals surface area contributed by atoms with Crippen molar-refractivity contribution in [1.82, 2.24) is 5.32 Å². The summed E-state index contributed by atoms with van der Waals surface area (Å²) >= 11 is 0. The Morgan fingerprint density at radius 2 is 1.50 bits per heavy atom. The van der Waals surface area contributed by atoms with Crippen LogP contribution in [0.2, 0.25) is 0 Å². The minimum atomic E-state index is -0.0880. The van der Waals surface area contributed by atoms with Gasteiger partial charge in [-0.05, 0) is 29.7 Å². The first-order chi connectivity index (χ1) is 9.74. The Hall–Kier alpha value is -1.84. The summed E-state index contributed by atoms with van der Waals surface area (Å²) in [6.45, 7) is 2.16. The van der Waals surface area contributed by atoms with Crippen molar-refractivity contribution in [3.8, 4) is 5.75 Å². The van der Waals surface area contributed by atoms with Crippen LogP contribution >= 0.6 is 0 Å². The molecule has 0 spiro atoms. The normalized spacial score (nSPS) is 13.9. The molecule has 106 valence electrons. The third-order valence-electron chi connectivity index (χ3n) is 3.49. The number of hydrogen-bond acceptors (Lipinski definition) is 3. The lowest BCUT2D eigenvalue weighted by Gasteiger charge is -2.24. The summed E-state index contributed by atoms with van der Waals surface area (Å²) < 4.78 is 0. The summed E-state index contributed by atoms with van der Waals surface area (Å²) in [6, 6.07) is 17.2. The van der Waals surface area contributed by atoms with Crippen LogP contribution in [0.1, 0.15) is 36.6 Å². The minimum absolute atomic E-state index is 0.0542. The molecule has 3 nitrogen and oxygen atoms in total. The summed E-state index contributed by atoms with van der Waals surface area (Å²) in [4.78, 5) is 0. The molecule has 2 atom stereocenters. The van der Waals surface area contributed by atoms with Crippen molar-refractivity contribution in [2.24, 2.45) is 0 Å². The van der Waals surface area contributed by atoms with E-state index in [0.29, 0.717) is 0 Å². The number of aromatic hydroxyl groups is 1. The zero-order valence-corrected chi connectivity index (χ0v) is 11.7. The lowest BCUT2D eigenvalue weighted by atomic mass is 10.0. The highest BCUT2D eigenvalue weighted by Crippen LogP contribution is 2.23. The molecular weight excluding hydrogens is 250 g/mol. The van der Waals surface area contributed by atoms with Crippen LogP contribution in [-0.2, 0) is 0 Å². The van der Waals surface area contributed by atoms with E-state index in [4.69, 9.17) is 0 Å². The zero-order valence-electron chi connectivity index (χ0n) is 11.7. The van der Waals surface area contributed by atoms with Crippen LogP contribution in [0.4, 0.5) is 0 Å². The highest BCUT2D eigenvalue weighted by molar-refractivity contribution is 5.28. The van der Waals surface area contributed by atoms with Crippen LogP contribution in [0.3, 0.4) is 0 Å². The Labute approximate surface area is 119 Å². The Morgan fingerprint density at radius 3 is 2.05 bits per heavy atom. The van der Waals surface area contributed by atoms with Crippen LogP contribution in [0.5, 0.6) is 5.75 Å². The summed E-state index contributed by atoms with van der Waals surface area (Å²) in [5, 5.41) is 22.4. The largest absolute Gasteiger partial charge is 0.508 e.